The van der Waals surface area contributed by atoms with Crippen molar-refractivity contribution in [2.45, 2.75) is 6.10 Å². The lowest BCUT2D eigenvalue weighted by Crippen LogP contribution is -2.37. The second kappa shape index (κ2) is 7.16. The quantitative estimate of drug-likeness (QED) is 0.727. The van der Waals surface area contributed by atoms with Crippen molar-refractivity contribution in [3.05, 3.63) is 60.4 Å². The van der Waals surface area contributed by atoms with E-state index in [4.69, 9.17) is 0 Å². The number of nitrogens with one attached hydrogen (secondary N) is 2. The molecule has 0 spiro atoms. The van der Waals surface area contributed by atoms with Crippen molar-refractivity contribution in [2.75, 3.05) is 11.9 Å². The van der Waals surface area contributed by atoms with Gasteiger partial charge in [-0.25, -0.2) is 0 Å². The molecule has 0 radical (unpaired) electrons. The first-order valence-electron chi connectivity index (χ1n) is 6.39. The number of benzene rings is 1. The van der Waals surface area contributed by atoms with Gasteiger partial charge < -0.3 is 15.7 Å². The Hall–Kier alpha value is -2.73. The molecule has 6 heteroatoms. The molecule has 0 aliphatic heterocycles. The number of hydrogen-bond donors (Lipinski definition) is 3. The Morgan fingerprint density at radius 1 is 1.10 bits per heavy atom. The molecule has 0 aliphatic rings. The van der Waals surface area contributed by atoms with Crippen molar-refractivity contribution in [2.24, 2.45) is 0 Å². The standard InChI is InChI=1S/C15H15N3O3/c19-13(11-5-2-1-3-6-11)10-17-14(20)15(21)18-12-7-4-8-16-9-12/h1-9,13,19H,10H2,(H,17,20)(H,18,21). The van der Waals surface area contributed by atoms with E-state index in [2.05, 4.69) is 15.6 Å². The van der Waals surface area contributed by atoms with E-state index < -0.39 is 17.9 Å². The largest absolute Gasteiger partial charge is 0.387 e. The average molecular weight is 285 g/mol. The molecule has 0 saturated heterocycles. The summed E-state index contributed by atoms with van der Waals surface area (Å²) in [5.74, 6) is -1.61. The van der Waals surface area contributed by atoms with E-state index in [0.717, 1.165) is 0 Å². The average Bonchev–Trinajstić information content (AvgIpc) is 2.54. The minimum Gasteiger partial charge on any atom is -0.387 e. The van der Waals surface area contributed by atoms with Gasteiger partial charge in [0.1, 0.15) is 0 Å². The predicted octanol–water partition coefficient (Wildman–Crippen LogP) is 0.870. The van der Waals surface area contributed by atoms with Crippen LogP contribution >= 0.6 is 0 Å². The molecule has 2 aromatic rings. The highest BCUT2D eigenvalue weighted by Gasteiger charge is 2.15. The van der Waals surface area contributed by atoms with Crippen LogP contribution in [0.15, 0.2) is 54.9 Å². The van der Waals surface area contributed by atoms with Gasteiger partial charge in [-0.3, -0.25) is 14.6 Å². The van der Waals surface area contributed by atoms with Crippen LogP contribution in [0, 0.1) is 0 Å². The third kappa shape index (κ3) is 4.39. The first kappa shape index (κ1) is 14.7. The summed E-state index contributed by atoms with van der Waals surface area (Å²) in [7, 11) is 0. The smallest absolute Gasteiger partial charge is 0.313 e. The number of aliphatic hydroxyl groups excluding tert-OH is 1. The Morgan fingerprint density at radius 3 is 2.52 bits per heavy atom. The lowest BCUT2D eigenvalue weighted by atomic mass is 10.1. The van der Waals surface area contributed by atoms with E-state index in [-0.39, 0.29) is 6.54 Å². The predicted molar refractivity (Wildman–Crippen MR) is 77.3 cm³/mol. The van der Waals surface area contributed by atoms with Gasteiger partial charge in [-0.2, -0.15) is 0 Å². The molecular formula is C15H15N3O3. The van der Waals surface area contributed by atoms with Crippen molar-refractivity contribution >= 4 is 17.5 Å². The topological polar surface area (TPSA) is 91.3 Å². The molecule has 3 N–H and O–H groups in total. The third-order valence-corrected chi connectivity index (χ3v) is 2.77. The van der Waals surface area contributed by atoms with Crippen molar-refractivity contribution < 1.29 is 14.7 Å². The zero-order chi connectivity index (χ0) is 15.1. The number of amides is 2. The zero-order valence-electron chi connectivity index (χ0n) is 11.2. The molecule has 6 nitrogen and oxygen atoms in total. The summed E-state index contributed by atoms with van der Waals surface area (Å²) in [4.78, 5) is 27.1. The maximum absolute atomic E-state index is 11.6. The van der Waals surface area contributed by atoms with Gasteiger partial charge >= 0.3 is 11.8 Å². The highest BCUT2D eigenvalue weighted by Crippen LogP contribution is 2.10. The Bertz CT molecular complexity index is 602. The molecule has 2 amide bonds. The first-order chi connectivity index (χ1) is 10.2. The molecule has 108 valence electrons. The molecule has 1 heterocycles. The van der Waals surface area contributed by atoms with Crippen molar-refractivity contribution in [3.63, 3.8) is 0 Å². The summed E-state index contributed by atoms with van der Waals surface area (Å²) in [6.45, 7) is -0.0384. The zero-order valence-corrected chi connectivity index (χ0v) is 11.2. The molecule has 0 fully saturated rings. The van der Waals surface area contributed by atoms with Crippen LogP contribution in [0.25, 0.3) is 0 Å². The number of aromatic nitrogens is 1. The molecular weight excluding hydrogens is 270 g/mol. The van der Waals surface area contributed by atoms with Crippen LogP contribution in [0.1, 0.15) is 11.7 Å². The van der Waals surface area contributed by atoms with E-state index in [1.807, 2.05) is 6.07 Å². The van der Waals surface area contributed by atoms with Gasteiger partial charge in [0.2, 0.25) is 0 Å². The van der Waals surface area contributed by atoms with E-state index in [1.165, 1.54) is 6.20 Å². The third-order valence-electron chi connectivity index (χ3n) is 2.77. The van der Waals surface area contributed by atoms with Gasteiger partial charge in [-0.1, -0.05) is 30.3 Å². The second-order valence-corrected chi connectivity index (χ2v) is 4.33. The fourth-order valence-electron chi connectivity index (χ4n) is 1.69. The fraction of sp³-hybridized carbons (Fsp3) is 0.133. The summed E-state index contributed by atoms with van der Waals surface area (Å²) in [6, 6.07) is 12.2. The minimum absolute atomic E-state index is 0.0384. The molecule has 21 heavy (non-hydrogen) atoms. The first-order valence-corrected chi connectivity index (χ1v) is 6.39. The van der Waals surface area contributed by atoms with Crippen molar-refractivity contribution in [1.29, 1.82) is 0 Å². The lowest BCUT2D eigenvalue weighted by molar-refractivity contribution is -0.136. The van der Waals surface area contributed by atoms with Crippen LogP contribution in [0.3, 0.4) is 0 Å². The SMILES string of the molecule is O=C(NCC(O)c1ccccc1)C(=O)Nc1cccnc1. The summed E-state index contributed by atoms with van der Waals surface area (Å²) in [5.41, 5.74) is 1.10. The Kier molecular flexibility index (Phi) is 5.00. The highest BCUT2D eigenvalue weighted by molar-refractivity contribution is 6.39. The van der Waals surface area contributed by atoms with Gasteiger partial charge in [-0.05, 0) is 17.7 Å². The normalized spacial score (nSPS) is 11.5. The lowest BCUT2D eigenvalue weighted by Gasteiger charge is -2.12. The highest BCUT2D eigenvalue weighted by atomic mass is 16.3. The van der Waals surface area contributed by atoms with Gasteiger partial charge in [0.05, 0.1) is 18.0 Å². The van der Waals surface area contributed by atoms with Crippen LogP contribution in [-0.4, -0.2) is 28.4 Å². The molecule has 0 aliphatic carbocycles. The van der Waals surface area contributed by atoms with Crippen LogP contribution in [0.5, 0.6) is 0 Å². The summed E-state index contributed by atoms with van der Waals surface area (Å²) < 4.78 is 0. The molecule has 1 unspecified atom stereocenters. The molecule has 1 aromatic heterocycles. The van der Waals surface area contributed by atoms with Crippen LogP contribution in [0.4, 0.5) is 5.69 Å². The molecule has 0 bridgehead atoms. The van der Waals surface area contributed by atoms with E-state index >= 15 is 0 Å². The van der Waals surface area contributed by atoms with E-state index in [1.54, 1.807) is 42.6 Å². The van der Waals surface area contributed by atoms with Crippen LogP contribution in [0.2, 0.25) is 0 Å². The van der Waals surface area contributed by atoms with Gasteiger partial charge in [0.15, 0.2) is 0 Å². The number of carbonyl (C=O) groups is 2. The van der Waals surface area contributed by atoms with Crippen LogP contribution in [-0.2, 0) is 9.59 Å². The van der Waals surface area contributed by atoms with Crippen molar-refractivity contribution in [3.8, 4) is 0 Å². The summed E-state index contributed by atoms with van der Waals surface area (Å²) in [6.07, 6.45) is 2.14. The fourth-order valence-corrected chi connectivity index (χ4v) is 1.69. The van der Waals surface area contributed by atoms with Crippen molar-refractivity contribution in [1.82, 2.24) is 10.3 Å². The number of anilines is 1. The van der Waals surface area contributed by atoms with Gasteiger partial charge in [0.25, 0.3) is 0 Å². The minimum atomic E-state index is -0.860. The molecule has 1 atom stereocenters. The maximum atomic E-state index is 11.6. The van der Waals surface area contributed by atoms with Gasteiger partial charge in [-0.15, -0.1) is 0 Å². The monoisotopic (exact) mass is 285 g/mol. The summed E-state index contributed by atoms with van der Waals surface area (Å²) in [5, 5.41) is 14.7. The molecule has 2 rings (SSSR count). The summed E-state index contributed by atoms with van der Waals surface area (Å²) >= 11 is 0. The van der Waals surface area contributed by atoms with E-state index in [0.29, 0.717) is 11.3 Å². The molecule has 1 aromatic carbocycles. The Balaban J connectivity index is 1.83. The number of nitrogens with zero attached hydrogens (tertiary/aromatic N) is 1. The molecule has 0 saturated carbocycles. The van der Waals surface area contributed by atoms with E-state index in [9.17, 15) is 14.7 Å². The number of rotatable bonds is 4. The van der Waals surface area contributed by atoms with Gasteiger partial charge in [0, 0.05) is 12.7 Å². The Labute approximate surface area is 121 Å². The van der Waals surface area contributed by atoms with Crippen LogP contribution < -0.4 is 10.6 Å². The Morgan fingerprint density at radius 2 is 1.86 bits per heavy atom. The number of hydrogen-bond acceptors (Lipinski definition) is 4. The number of pyridine rings is 1. The number of carbonyl (C=O) groups excluding carboxylic acids is 2. The number of aliphatic hydroxyl groups is 1. The second-order valence-electron chi connectivity index (χ2n) is 4.33. The maximum Gasteiger partial charge on any atom is 0.313 e.